The molecule has 0 saturated heterocycles. The minimum Gasteiger partial charge on any atom is -0.459 e. The monoisotopic (exact) mass is 323 g/mol. The summed E-state index contributed by atoms with van der Waals surface area (Å²) in [5.41, 5.74) is 0.306. The number of furan rings is 1. The quantitative estimate of drug-likeness (QED) is 0.748. The van der Waals surface area contributed by atoms with Crippen LogP contribution in [0.5, 0.6) is 0 Å². The van der Waals surface area contributed by atoms with E-state index in [1.165, 1.54) is 0 Å². The molecule has 0 fully saturated rings. The topological polar surface area (TPSA) is 62.5 Å². The Bertz CT molecular complexity index is 803. The molecule has 4 heteroatoms. The van der Waals surface area contributed by atoms with Gasteiger partial charge in [-0.25, -0.2) is 0 Å². The Balaban J connectivity index is 1.68. The standard InChI is InChI=1S/C20H21NO3/c1-14(18-12-15-8-6-7-11-17(15)24-18)21-19(22)13-20(2,23)16-9-4-3-5-10-16/h3-12,14,23H,13H2,1-2H3,(H,21,22). The van der Waals surface area contributed by atoms with E-state index in [1.807, 2.05) is 67.6 Å². The third-order valence-corrected chi connectivity index (χ3v) is 4.15. The number of benzene rings is 2. The van der Waals surface area contributed by atoms with Crippen molar-refractivity contribution in [3.05, 3.63) is 72.0 Å². The summed E-state index contributed by atoms with van der Waals surface area (Å²) in [6.07, 6.45) is -0.0123. The summed E-state index contributed by atoms with van der Waals surface area (Å²) in [6, 6.07) is 18.6. The summed E-state index contributed by atoms with van der Waals surface area (Å²) in [7, 11) is 0. The lowest BCUT2D eigenvalue weighted by atomic mass is 9.92. The second-order valence-corrected chi connectivity index (χ2v) is 6.29. The van der Waals surface area contributed by atoms with Gasteiger partial charge in [-0.15, -0.1) is 0 Å². The van der Waals surface area contributed by atoms with E-state index in [-0.39, 0.29) is 18.4 Å². The van der Waals surface area contributed by atoms with Gasteiger partial charge < -0.3 is 14.8 Å². The molecule has 1 amide bonds. The van der Waals surface area contributed by atoms with Crippen molar-refractivity contribution in [3.8, 4) is 0 Å². The van der Waals surface area contributed by atoms with E-state index < -0.39 is 5.60 Å². The van der Waals surface area contributed by atoms with E-state index in [2.05, 4.69) is 5.32 Å². The molecule has 2 aromatic carbocycles. The van der Waals surface area contributed by atoms with Crippen molar-refractivity contribution in [1.29, 1.82) is 0 Å². The highest BCUT2D eigenvalue weighted by atomic mass is 16.3. The van der Waals surface area contributed by atoms with Crippen LogP contribution in [0.2, 0.25) is 0 Å². The molecule has 2 atom stereocenters. The van der Waals surface area contributed by atoms with E-state index in [9.17, 15) is 9.90 Å². The fourth-order valence-electron chi connectivity index (χ4n) is 2.79. The molecule has 4 nitrogen and oxygen atoms in total. The Morgan fingerprint density at radius 2 is 1.83 bits per heavy atom. The van der Waals surface area contributed by atoms with Gasteiger partial charge in [0.2, 0.25) is 5.91 Å². The molecule has 0 bridgehead atoms. The Morgan fingerprint density at radius 3 is 2.54 bits per heavy atom. The van der Waals surface area contributed by atoms with Gasteiger partial charge in [-0.1, -0.05) is 48.5 Å². The number of aliphatic hydroxyl groups is 1. The van der Waals surface area contributed by atoms with Crippen LogP contribution in [-0.4, -0.2) is 11.0 Å². The first-order valence-electron chi connectivity index (χ1n) is 8.01. The maximum atomic E-state index is 12.3. The highest BCUT2D eigenvalue weighted by molar-refractivity contribution is 5.79. The predicted molar refractivity (Wildman–Crippen MR) is 93.4 cm³/mol. The average molecular weight is 323 g/mol. The average Bonchev–Trinajstić information content (AvgIpc) is 2.99. The summed E-state index contributed by atoms with van der Waals surface area (Å²) < 4.78 is 5.77. The summed E-state index contributed by atoms with van der Waals surface area (Å²) in [5, 5.41) is 14.5. The minimum atomic E-state index is -1.21. The number of nitrogens with one attached hydrogen (secondary N) is 1. The van der Waals surface area contributed by atoms with Crippen molar-refractivity contribution in [2.45, 2.75) is 31.9 Å². The van der Waals surface area contributed by atoms with Gasteiger partial charge in [-0.05, 0) is 31.5 Å². The first kappa shape index (κ1) is 16.3. The van der Waals surface area contributed by atoms with Gasteiger partial charge in [-0.2, -0.15) is 0 Å². The smallest absolute Gasteiger partial charge is 0.223 e. The van der Waals surface area contributed by atoms with Crippen LogP contribution >= 0.6 is 0 Å². The van der Waals surface area contributed by atoms with E-state index in [4.69, 9.17) is 4.42 Å². The Morgan fingerprint density at radius 1 is 1.17 bits per heavy atom. The molecule has 0 saturated carbocycles. The van der Waals surface area contributed by atoms with Gasteiger partial charge in [0.05, 0.1) is 18.1 Å². The Hall–Kier alpha value is -2.59. The van der Waals surface area contributed by atoms with Crippen molar-refractivity contribution < 1.29 is 14.3 Å². The van der Waals surface area contributed by atoms with Crippen molar-refractivity contribution in [2.75, 3.05) is 0 Å². The third-order valence-electron chi connectivity index (χ3n) is 4.15. The maximum absolute atomic E-state index is 12.3. The molecule has 1 heterocycles. The predicted octanol–water partition coefficient (Wildman–Crippen LogP) is 3.91. The fourth-order valence-corrected chi connectivity index (χ4v) is 2.79. The number of hydrogen-bond acceptors (Lipinski definition) is 3. The number of para-hydroxylation sites is 1. The molecule has 3 rings (SSSR count). The number of rotatable bonds is 5. The number of amides is 1. The molecule has 0 aliphatic rings. The van der Waals surface area contributed by atoms with Gasteiger partial charge in [0.25, 0.3) is 0 Å². The molecule has 2 unspecified atom stereocenters. The summed E-state index contributed by atoms with van der Waals surface area (Å²) in [4.78, 5) is 12.3. The van der Waals surface area contributed by atoms with Crippen molar-refractivity contribution in [1.82, 2.24) is 5.32 Å². The summed E-state index contributed by atoms with van der Waals surface area (Å²) >= 11 is 0. The van der Waals surface area contributed by atoms with E-state index in [0.29, 0.717) is 5.76 Å². The molecule has 0 radical (unpaired) electrons. The van der Waals surface area contributed by atoms with E-state index in [1.54, 1.807) is 6.92 Å². The van der Waals surface area contributed by atoms with Crippen LogP contribution in [0.15, 0.2) is 65.1 Å². The highest BCUT2D eigenvalue weighted by Gasteiger charge is 2.27. The third kappa shape index (κ3) is 3.49. The normalized spacial score (nSPS) is 15.0. The fraction of sp³-hybridized carbons (Fsp3) is 0.250. The van der Waals surface area contributed by atoms with Crippen LogP contribution in [0.25, 0.3) is 11.0 Å². The largest absolute Gasteiger partial charge is 0.459 e. The minimum absolute atomic E-state index is 0.0123. The summed E-state index contributed by atoms with van der Waals surface area (Å²) in [5.74, 6) is 0.473. The van der Waals surface area contributed by atoms with Gasteiger partial charge in [-0.3, -0.25) is 4.79 Å². The van der Waals surface area contributed by atoms with Crippen LogP contribution < -0.4 is 5.32 Å². The molecule has 0 aliphatic heterocycles. The SMILES string of the molecule is CC(NC(=O)CC(C)(O)c1ccccc1)c1cc2ccccc2o1. The van der Waals surface area contributed by atoms with Crippen LogP contribution in [0.1, 0.15) is 37.6 Å². The van der Waals surface area contributed by atoms with Crippen LogP contribution in [0.4, 0.5) is 0 Å². The molecule has 0 aliphatic carbocycles. The lowest BCUT2D eigenvalue weighted by Crippen LogP contribution is -2.34. The molecule has 24 heavy (non-hydrogen) atoms. The zero-order chi connectivity index (χ0) is 17.2. The molecular weight excluding hydrogens is 302 g/mol. The molecule has 124 valence electrons. The van der Waals surface area contributed by atoms with Crippen LogP contribution in [-0.2, 0) is 10.4 Å². The first-order chi connectivity index (χ1) is 11.5. The first-order valence-corrected chi connectivity index (χ1v) is 8.01. The van der Waals surface area contributed by atoms with Crippen molar-refractivity contribution in [3.63, 3.8) is 0 Å². The number of fused-ring (bicyclic) bond motifs is 1. The molecule has 1 aromatic heterocycles. The van der Waals surface area contributed by atoms with Gasteiger partial charge in [0.1, 0.15) is 11.3 Å². The second kappa shape index (κ2) is 6.49. The van der Waals surface area contributed by atoms with E-state index in [0.717, 1.165) is 16.5 Å². The zero-order valence-electron chi connectivity index (χ0n) is 13.8. The van der Waals surface area contributed by atoms with Crippen LogP contribution in [0.3, 0.4) is 0 Å². The lowest BCUT2D eigenvalue weighted by molar-refractivity contribution is -0.126. The Kier molecular flexibility index (Phi) is 4.40. The van der Waals surface area contributed by atoms with Gasteiger partial charge in [0, 0.05) is 5.39 Å². The number of carbonyl (C=O) groups excluding carboxylic acids is 1. The maximum Gasteiger partial charge on any atom is 0.223 e. The summed E-state index contributed by atoms with van der Waals surface area (Å²) in [6.45, 7) is 3.51. The van der Waals surface area contributed by atoms with Crippen molar-refractivity contribution >= 4 is 16.9 Å². The number of carbonyl (C=O) groups is 1. The van der Waals surface area contributed by atoms with Gasteiger partial charge >= 0.3 is 0 Å². The lowest BCUT2D eigenvalue weighted by Gasteiger charge is -2.24. The second-order valence-electron chi connectivity index (χ2n) is 6.29. The van der Waals surface area contributed by atoms with Crippen LogP contribution in [0, 0.1) is 0 Å². The van der Waals surface area contributed by atoms with Gasteiger partial charge in [0.15, 0.2) is 0 Å². The molecule has 0 spiro atoms. The van der Waals surface area contributed by atoms with Crippen molar-refractivity contribution in [2.24, 2.45) is 0 Å². The highest BCUT2D eigenvalue weighted by Crippen LogP contribution is 2.26. The molecule has 3 aromatic rings. The number of hydrogen-bond donors (Lipinski definition) is 2. The van der Waals surface area contributed by atoms with E-state index >= 15 is 0 Å². The Labute approximate surface area is 141 Å². The zero-order valence-corrected chi connectivity index (χ0v) is 13.8. The molecular formula is C20H21NO3. The molecule has 2 N–H and O–H groups in total.